The Bertz CT molecular complexity index is 949. The number of hydrogen-bond donors (Lipinski definition) is 1. The third-order valence-corrected chi connectivity index (χ3v) is 5.29. The predicted molar refractivity (Wildman–Crippen MR) is 126 cm³/mol. The molecule has 3 rings (SSSR count). The summed E-state index contributed by atoms with van der Waals surface area (Å²) in [7, 11) is 0. The SMILES string of the molecule is CCCOc1ccc(C2=C(Nc3ccc(CC)cc3)C(=O)N(CCCOCC)C2=O)cc1. The van der Waals surface area contributed by atoms with E-state index in [2.05, 4.69) is 12.2 Å². The van der Waals surface area contributed by atoms with Gasteiger partial charge in [0, 0.05) is 25.4 Å². The second kappa shape index (κ2) is 11.5. The van der Waals surface area contributed by atoms with E-state index in [0.717, 1.165) is 24.3 Å². The lowest BCUT2D eigenvalue weighted by molar-refractivity contribution is -0.137. The lowest BCUT2D eigenvalue weighted by Gasteiger charge is -2.15. The minimum Gasteiger partial charge on any atom is -0.494 e. The van der Waals surface area contributed by atoms with Crippen LogP contribution in [0.1, 0.15) is 44.7 Å². The van der Waals surface area contributed by atoms with Gasteiger partial charge in [0.25, 0.3) is 11.8 Å². The first kappa shape index (κ1) is 23.5. The minimum absolute atomic E-state index is 0.290. The summed E-state index contributed by atoms with van der Waals surface area (Å²) >= 11 is 0. The number of nitrogens with one attached hydrogen (secondary N) is 1. The van der Waals surface area contributed by atoms with Crippen LogP contribution < -0.4 is 10.1 Å². The van der Waals surface area contributed by atoms with Crippen molar-refractivity contribution in [1.82, 2.24) is 4.90 Å². The highest BCUT2D eigenvalue weighted by Crippen LogP contribution is 2.31. The number of aryl methyl sites for hydroxylation is 1. The highest BCUT2D eigenvalue weighted by Gasteiger charge is 2.38. The molecule has 0 spiro atoms. The maximum absolute atomic E-state index is 13.3. The number of carbonyl (C=O) groups is 2. The quantitative estimate of drug-likeness (QED) is 0.387. The summed E-state index contributed by atoms with van der Waals surface area (Å²) in [5.74, 6) is 0.139. The number of nitrogens with zero attached hydrogens (tertiary/aromatic N) is 1. The van der Waals surface area contributed by atoms with E-state index in [0.29, 0.717) is 49.6 Å². The van der Waals surface area contributed by atoms with Crippen LogP contribution in [-0.2, 0) is 20.7 Å². The van der Waals surface area contributed by atoms with Crippen molar-refractivity contribution in [2.75, 3.05) is 31.7 Å². The Hall–Kier alpha value is -3.12. The van der Waals surface area contributed by atoms with E-state index in [-0.39, 0.29) is 11.8 Å². The molecule has 0 saturated carbocycles. The van der Waals surface area contributed by atoms with Crippen LogP contribution >= 0.6 is 0 Å². The average Bonchev–Trinajstić information content (AvgIpc) is 3.05. The van der Waals surface area contributed by atoms with Crippen LogP contribution in [0.4, 0.5) is 5.69 Å². The first-order chi connectivity index (χ1) is 15.6. The number of amides is 2. The monoisotopic (exact) mass is 436 g/mol. The van der Waals surface area contributed by atoms with E-state index in [1.807, 2.05) is 62.4 Å². The molecule has 2 aromatic rings. The lowest BCUT2D eigenvalue weighted by atomic mass is 10.0. The highest BCUT2D eigenvalue weighted by atomic mass is 16.5. The zero-order valence-electron chi connectivity index (χ0n) is 19.1. The number of imide groups is 1. The van der Waals surface area contributed by atoms with Crippen molar-refractivity contribution in [3.05, 3.63) is 65.4 Å². The van der Waals surface area contributed by atoms with Gasteiger partial charge in [0.1, 0.15) is 11.4 Å². The fourth-order valence-electron chi connectivity index (χ4n) is 3.54. The van der Waals surface area contributed by atoms with Crippen LogP contribution in [0, 0.1) is 0 Å². The molecule has 0 aliphatic carbocycles. The molecule has 2 aromatic carbocycles. The summed E-state index contributed by atoms with van der Waals surface area (Å²) in [6.07, 6.45) is 2.45. The number of ether oxygens (including phenoxy) is 2. The zero-order valence-corrected chi connectivity index (χ0v) is 19.1. The van der Waals surface area contributed by atoms with Gasteiger partial charge in [-0.2, -0.15) is 0 Å². The molecule has 32 heavy (non-hydrogen) atoms. The Morgan fingerprint density at radius 2 is 1.59 bits per heavy atom. The average molecular weight is 437 g/mol. The number of carbonyl (C=O) groups excluding carboxylic acids is 2. The maximum Gasteiger partial charge on any atom is 0.278 e. The van der Waals surface area contributed by atoms with Crippen molar-refractivity contribution in [2.24, 2.45) is 0 Å². The number of rotatable bonds is 12. The summed E-state index contributed by atoms with van der Waals surface area (Å²) < 4.78 is 11.0. The van der Waals surface area contributed by atoms with Crippen LogP contribution in [0.5, 0.6) is 5.75 Å². The fourth-order valence-corrected chi connectivity index (χ4v) is 3.54. The summed E-state index contributed by atoms with van der Waals surface area (Å²) in [6.45, 7) is 8.13. The van der Waals surface area contributed by atoms with Gasteiger partial charge in [-0.25, -0.2) is 0 Å². The Labute approximate surface area is 190 Å². The molecule has 0 bridgehead atoms. The number of anilines is 1. The van der Waals surface area contributed by atoms with E-state index in [1.165, 1.54) is 10.5 Å². The Morgan fingerprint density at radius 3 is 2.22 bits per heavy atom. The summed E-state index contributed by atoms with van der Waals surface area (Å²) in [5.41, 5.74) is 3.35. The molecule has 0 radical (unpaired) electrons. The van der Waals surface area contributed by atoms with Gasteiger partial charge in [0.05, 0.1) is 12.2 Å². The highest BCUT2D eigenvalue weighted by molar-refractivity contribution is 6.36. The summed E-state index contributed by atoms with van der Waals surface area (Å²) in [5, 5.41) is 3.21. The third kappa shape index (κ3) is 5.56. The molecule has 1 heterocycles. The van der Waals surface area contributed by atoms with E-state index in [9.17, 15) is 9.59 Å². The van der Waals surface area contributed by atoms with Gasteiger partial charge in [-0.05, 0) is 61.6 Å². The molecule has 0 atom stereocenters. The second-order valence-electron chi connectivity index (χ2n) is 7.61. The Kier molecular flexibility index (Phi) is 8.45. The van der Waals surface area contributed by atoms with E-state index >= 15 is 0 Å². The van der Waals surface area contributed by atoms with Crippen LogP contribution in [0.2, 0.25) is 0 Å². The molecular weight excluding hydrogens is 404 g/mol. The van der Waals surface area contributed by atoms with E-state index in [4.69, 9.17) is 9.47 Å². The van der Waals surface area contributed by atoms with Crippen molar-refractivity contribution in [1.29, 1.82) is 0 Å². The Balaban J connectivity index is 1.89. The Morgan fingerprint density at radius 1 is 0.875 bits per heavy atom. The van der Waals surface area contributed by atoms with Crippen molar-refractivity contribution in [3.8, 4) is 5.75 Å². The molecule has 1 aliphatic rings. The van der Waals surface area contributed by atoms with Crippen molar-refractivity contribution in [3.63, 3.8) is 0 Å². The van der Waals surface area contributed by atoms with Gasteiger partial charge in [-0.15, -0.1) is 0 Å². The lowest BCUT2D eigenvalue weighted by Crippen LogP contribution is -2.34. The van der Waals surface area contributed by atoms with Gasteiger partial charge in [-0.1, -0.05) is 38.1 Å². The molecule has 1 aliphatic heterocycles. The minimum atomic E-state index is -0.313. The first-order valence-corrected chi connectivity index (χ1v) is 11.4. The molecule has 0 fully saturated rings. The molecule has 0 saturated heterocycles. The van der Waals surface area contributed by atoms with Crippen LogP contribution in [0.3, 0.4) is 0 Å². The molecule has 1 N–H and O–H groups in total. The largest absolute Gasteiger partial charge is 0.494 e. The van der Waals surface area contributed by atoms with Gasteiger partial charge in [0.2, 0.25) is 0 Å². The smallest absolute Gasteiger partial charge is 0.278 e. The van der Waals surface area contributed by atoms with Crippen molar-refractivity contribution >= 4 is 23.1 Å². The molecule has 2 amide bonds. The number of benzene rings is 2. The molecular formula is C26H32N2O4. The fraction of sp³-hybridized carbons (Fsp3) is 0.385. The predicted octanol–water partition coefficient (Wildman–Crippen LogP) is 4.66. The van der Waals surface area contributed by atoms with Gasteiger partial charge < -0.3 is 14.8 Å². The van der Waals surface area contributed by atoms with Gasteiger partial charge in [-0.3, -0.25) is 14.5 Å². The molecule has 6 nitrogen and oxygen atoms in total. The van der Waals surface area contributed by atoms with Gasteiger partial charge >= 0.3 is 0 Å². The van der Waals surface area contributed by atoms with E-state index in [1.54, 1.807) is 0 Å². The van der Waals surface area contributed by atoms with Crippen LogP contribution in [0.15, 0.2) is 54.2 Å². The van der Waals surface area contributed by atoms with E-state index < -0.39 is 0 Å². The zero-order chi connectivity index (χ0) is 22.9. The second-order valence-corrected chi connectivity index (χ2v) is 7.61. The van der Waals surface area contributed by atoms with Gasteiger partial charge in [0.15, 0.2) is 0 Å². The topological polar surface area (TPSA) is 67.9 Å². The molecule has 170 valence electrons. The normalized spacial score (nSPS) is 13.8. The molecule has 0 aromatic heterocycles. The van der Waals surface area contributed by atoms with Crippen molar-refractivity contribution < 1.29 is 19.1 Å². The van der Waals surface area contributed by atoms with Crippen LogP contribution in [-0.4, -0.2) is 43.1 Å². The van der Waals surface area contributed by atoms with Crippen LogP contribution in [0.25, 0.3) is 5.57 Å². The third-order valence-electron chi connectivity index (χ3n) is 5.29. The first-order valence-electron chi connectivity index (χ1n) is 11.4. The number of hydrogen-bond acceptors (Lipinski definition) is 5. The standard InChI is InChI=1S/C26H32N2O4/c1-4-17-32-22-14-10-20(11-15-22)23-24(27-21-12-8-19(5-2)9-13-21)26(30)28(25(23)29)16-7-18-31-6-3/h8-15,27H,4-7,16-18H2,1-3H3. The molecule has 6 heteroatoms. The summed E-state index contributed by atoms with van der Waals surface area (Å²) in [6, 6.07) is 15.2. The maximum atomic E-state index is 13.3. The van der Waals surface area contributed by atoms with Crippen molar-refractivity contribution in [2.45, 2.75) is 40.0 Å². The molecule has 0 unspecified atom stereocenters. The summed E-state index contributed by atoms with van der Waals surface area (Å²) in [4.78, 5) is 27.8.